The number of hydrogen-bond donors (Lipinski definition) is 3. The number of carboxylic acids is 1. The molecule has 7 heteroatoms. The second-order valence-electron chi connectivity index (χ2n) is 3.62. The minimum atomic E-state index is -1.31. The average Bonchev–Trinajstić information content (AvgIpc) is 2.34. The number of pyridine rings is 1. The fraction of sp³-hybridized carbons (Fsp3) is 0.364. The van der Waals surface area contributed by atoms with Crippen molar-refractivity contribution in [2.24, 2.45) is 0 Å². The number of aromatic nitrogens is 1. The molecule has 98 valence electrons. The van der Waals surface area contributed by atoms with E-state index in [1.54, 1.807) is 12.1 Å². The monoisotopic (exact) mass is 254 g/mol. The molecule has 0 spiro atoms. The maximum absolute atomic E-state index is 11.4. The highest BCUT2D eigenvalue weighted by Gasteiger charge is 2.18. The first-order chi connectivity index (χ1) is 8.54. The molecule has 1 amide bonds. The Kier molecular flexibility index (Phi) is 5.06. The Morgan fingerprint density at radius 1 is 1.39 bits per heavy atom. The lowest BCUT2D eigenvalue weighted by Crippen LogP contribution is -2.43. The van der Waals surface area contributed by atoms with Gasteiger partial charge in [0, 0.05) is 25.2 Å². The average molecular weight is 254 g/mol. The van der Waals surface area contributed by atoms with E-state index in [2.05, 4.69) is 5.32 Å². The molecular weight excluding hydrogens is 240 g/mol. The maximum Gasteiger partial charge on any atom is 0.328 e. The molecule has 1 aromatic rings. The highest BCUT2D eigenvalue weighted by molar-refractivity contribution is 5.83. The van der Waals surface area contributed by atoms with Crippen LogP contribution in [0.2, 0.25) is 0 Å². The highest BCUT2D eigenvalue weighted by atomic mass is 16.4. The lowest BCUT2D eigenvalue weighted by molar-refractivity contribution is -0.143. The lowest BCUT2D eigenvalue weighted by Gasteiger charge is -2.11. The summed E-state index contributed by atoms with van der Waals surface area (Å²) in [4.78, 5) is 33.3. The number of carboxylic acid groups (broad SMARTS) is 1. The fourth-order valence-electron chi connectivity index (χ4n) is 1.32. The van der Waals surface area contributed by atoms with Crippen molar-refractivity contribution in [1.82, 2.24) is 9.88 Å². The third kappa shape index (κ3) is 4.02. The van der Waals surface area contributed by atoms with Crippen LogP contribution in [0, 0.1) is 0 Å². The molecule has 0 aromatic carbocycles. The van der Waals surface area contributed by atoms with Gasteiger partial charge < -0.3 is 20.1 Å². The first kappa shape index (κ1) is 13.9. The molecule has 1 atom stereocenters. The van der Waals surface area contributed by atoms with Crippen molar-refractivity contribution >= 4 is 11.9 Å². The summed E-state index contributed by atoms with van der Waals surface area (Å²) in [7, 11) is 0. The number of aliphatic hydroxyl groups excluding tert-OH is 1. The topological polar surface area (TPSA) is 109 Å². The Morgan fingerprint density at radius 3 is 2.67 bits per heavy atom. The molecule has 0 saturated carbocycles. The molecule has 0 aliphatic carbocycles. The van der Waals surface area contributed by atoms with Gasteiger partial charge in [0.05, 0.1) is 6.61 Å². The van der Waals surface area contributed by atoms with Gasteiger partial charge in [0.2, 0.25) is 5.91 Å². The van der Waals surface area contributed by atoms with Gasteiger partial charge in [-0.2, -0.15) is 0 Å². The van der Waals surface area contributed by atoms with Gasteiger partial charge in [-0.1, -0.05) is 6.07 Å². The summed E-state index contributed by atoms with van der Waals surface area (Å²) in [6, 6.07) is 3.30. The molecule has 0 radical (unpaired) electrons. The quantitative estimate of drug-likeness (QED) is 0.591. The summed E-state index contributed by atoms with van der Waals surface area (Å²) in [6.07, 6.45) is 1.50. The van der Waals surface area contributed by atoms with E-state index < -0.39 is 24.5 Å². The molecule has 0 fully saturated rings. The van der Waals surface area contributed by atoms with E-state index in [1.165, 1.54) is 16.8 Å². The fourth-order valence-corrected chi connectivity index (χ4v) is 1.32. The predicted octanol–water partition coefficient (Wildman–Crippen LogP) is -1.20. The van der Waals surface area contributed by atoms with Crippen LogP contribution in [0.5, 0.6) is 0 Å². The van der Waals surface area contributed by atoms with Crippen molar-refractivity contribution in [3.8, 4) is 0 Å². The van der Waals surface area contributed by atoms with Gasteiger partial charge in [0.15, 0.2) is 0 Å². The van der Waals surface area contributed by atoms with E-state index in [9.17, 15) is 14.4 Å². The van der Waals surface area contributed by atoms with Crippen LogP contribution in [-0.2, 0) is 16.1 Å². The van der Waals surface area contributed by atoms with Gasteiger partial charge in [0.1, 0.15) is 6.04 Å². The molecule has 0 aliphatic heterocycles. The molecule has 0 bridgehead atoms. The molecule has 0 saturated heterocycles. The van der Waals surface area contributed by atoms with Crippen LogP contribution < -0.4 is 10.9 Å². The number of carbonyl (C=O) groups excluding carboxylic acids is 1. The Morgan fingerprint density at radius 2 is 2.11 bits per heavy atom. The number of aryl methyl sites for hydroxylation is 1. The van der Waals surface area contributed by atoms with E-state index in [1.807, 2.05) is 0 Å². The first-order valence-corrected chi connectivity index (χ1v) is 5.33. The lowest BCUT2D eigenvalue weighted by atomic mass is 10.3. The van der Waals surface area contributed by atoms with Crippen molar-refractivity contribution < 1.29 is 19.8 Å². The Bertz CT molecular complexity index is 482. The van der Waals surface area contributed by atoms with Crippen LogP contribution in [0.25, 0.3) is 0 Å². The highest BCUT2D eigenvalue weighted by Crippen LogP contribution is 1.90. The Hall–Kier alpha value is -2.15. The molecular formula is C11H14N2O5. The van der Waals surface area contributed by atoms with Gasteiger partial charge in [-0.3, -0.25) is 9.59 Å². The van der Waals surface area contributed by atoms with Gasteiger partial charge >= 0.3 is 5.97 Å². The van der Waals surface area contributed by atoms with Gasteiger partial charge in [0.25, 0.3) is 5.56 Å². The van der Waals surface area contributed by atoms with Crippen LogP contribution in [0.1, 0.15) is 6.42 Å². The number of carbonyl (C=O) groups is 2. The third-order valence-corrected chi connectivity index (χ3v) is 2.29. The number of aliphatic carboxylic acids is 1. The smallest absolute Gasteiger partial charge is 0.328 e. The second kappa shape index (κ2) is 6.55. The predicted molar refractivity (Wildman–Crippen MR) is 62.0 cm³/mol. The zero-order valence-corrected chi connectivity index (χ0v) is 9.57. The summed E-state index contributed by atoms with van der Waals surface area (Å²) in [5.41, 5.74) is -0.234. The first-order valence-electron chi connectivity index (χ1n) is 5.33. The number of aliphatic hydroxyl groups is 1. The molecule has 1 aromatic heterocycles. The van der Waals surface area contributed by atoms with Crippen LogP contribution in [-0.4, -0.2) is 39.3 Å². The molecule has 3 N–H and O–H groups in total. The Balaban J connectivity index is 2.49. The standard InChI is InChI=1S/C11H14N2O5/c14-7-8(11(17)18)12-9(15)4-6-13-5-2-1-3-10(13)16/h1-3,5,8,14H,4,6-7H2,(H,12,15)(H,17,18)/t8-/m1/s1. The van der Waals surface area contributed by atoms with E-state index in [4.69, 9.17) is 10.2 Å². The van der Waals surface area contributed by atoms with Gasteiger partial charge in [-0.25, -0.2) is 4.79 Å². The number of hydrogen-bond acceptors (Lipinski definition) is 4. The van der Waals surface area contributed by atoms with Crippen LogP contribution in [0.15, 0.2) is 29.2 Å². The Labute approximate surface area is 103 Å². The second-order valence-corrected chi connectivity index (χ2v) is 3.62. The summed E-state index contributed by atoms with van der Waals surface area (Å²) >= 11 is 0. The molecule has 1 rings (SSSR count). The molecule has 1 heterocycles. The van der Waals surface area contributed by atoms with E-state index in [0.717, 1.165) is 0 Å². The summed E-state index contributed by atoms with van der Waals surface area (Å²) in [5, 5.41) is 19.5. The van der Waals surface area contributed by atoms with Crippen molar-refractivity contribution in [3.05, 3.63) is 34.7 Å². The number of nitrogens with zero attached hydrogens (tertiary/aromatic N) is 1. The number of rotatable bonds is 6. The van der Waals surface area contributed by atoms with E-state index in [-0.39, 0.29) is 18.5 Å². The van der Waals surface area contributed by atoms with E-state index in [0.29, 0.717) is 0 Å². The van der Waals surface area contributed by atoms with Crippen molar-refractivity contribution in [1.29, 1.82) is 0 Å². The van der Waals surface area contributed by atoms with E-state index >= 15 is 0 Å². The summed E-state index contributed by atoms with van der Waals surface area (Å²) in [5.74, 6) is -1.84. The minimum absolute atomic E-state index is 0.0340. The number of amides is 1. The largest absolute Gasteiger partial charge is 0.480 e. The third-order valence-electron chi connectivity index (χ3n) is 2.29. The summed E-state index contributed by atoms with van der Waals surface area (Å²) < 4.78 is 1.34. The summed E-state index contributed by atoms with van der Waals surface area (Å²) in [6.45, 7) is -0.518. The SMILES string of the molecule is O=C(CCn1ccccc1=O)N[C@H](CO)C(=O)O. The molecule has 7 nitrogen and oxygen atoms in total. The minimum Gasteiger partial charge on any atom is -0.480 e. The van der Waals surface area contributed by atoms with Crippen molar-refractivity contribution in [2.75, 3.05) is 6.61 Å². The normalized spacial score (nSPS) is 11.8. The molecule has 0 aliphatic rings. The van der Waals surface area contributed by atoms with Crippen LogP contribution in [0.3, 0.4) is 0 Å². The molecule has 18 heavy (non-hydrogen) atoms. The zero-order valence-electron chi connectivity index (χ0n) is 9.57. The van der Waals surface area contributed by atoms with Crippen LogP contribution in [0.4, 0.5) is 0 Å². The maximum atomic E-state index is 11.4. The van der Waals surface area contributed by atoms with Gasteiger partial charge in [-0.05, 0) is 6.07 Å². The van der Waals surface area contributed by atoms with Gasteiger partial charge in [-0.15, -0.1) is 0 Å². The molecule has 0 unspecified atom stereocenters. The zero-order chi connectivity index (χ0) is 13.5. The van der Waals surface area contributed by atoms with Crippen molar-refractivity contribution in [3.63, 3.8) is 0 Å². The van der Waals surface area contributed by atoms with Crippen LogP contribution >= 0.6 is 0 Å². The van der Waals surface area contributed by atoms with Crippen molar-refractivity contribution in [2.45, 2.75) is 19.0 Å². The number of nitrogens with one attached hydrogen (secondary N) is 1.